The van der Waals surface area contributed by atoms with Crippen LogP contribution in [0, 0.1) is 0 Å². The Hall–Kier alpha value is -2.71. The normalized spacial score (nSPS) is 10.3. The van der Waals surface area contributed by atoms with Crippen LogP contribution in [0.5, 0.6) is 0 Å². The van der Waals surface area contributed by atoms with Crippen molar-refractivity contribution in [1.82, 2.24) is 4.98 Å². The summed E-state index contributed by atoms with van der Waals surface area (Å²) in [6, 6.07) is 11.1. The minimum atomic E-state index is -1.14. The molecule has 122 valence electrons. The van der Waals surface area contributed by atoms with E-state index in [0.717, 1.165) is 22.5 Å². The van der Waals surface area contributed by atoms with Crippen molar-refractivity contribution in [3.63, 3.8) is 0 Å². The summed E-state index contributed by atoms with van der Waals surface area (Å²) in [4.78, 5) is 27.7. The van der Waals surface area contributed by atoms with Crippen molar-refractivity contribution in [3.05, 3.63) is 58.4 Å². The Kier molecular flexibility index (Phi) is 4.88. The van der Waals surface area contributed by atoms with Gasteiger partial charge in [-0.25, -0.2) is 14.6 Å². The number of nitrogens with zero attached hydrogens (tertiary/aromatic N) is 1. The summed E-state index contributed by atoms with van der Waals surface area (Å²) < 4.78 is 5.10. The molecule has 0 atom stereocenters. The van der Waals surface area contributed by atoms with Gasteiger partial charge in [0.25, 0.3) is 0 Å². The van der Waals surface area contributed by atoms with E-state index in [1.807, 2.05) is 47.2 Å². The summed E-state index contributed by atoms with van der Waals surface area (Å²) in [5, 5.41) is 15.6. The molecule has 3 aromatic rings. The van der Waals surface area contributed by atoms with Gasteiger partial charge in [-0.05, 0) is 22.4 Å². The van der Waals surface area contributed by atoms with Gasteiger partial charge in [-0.15, -0.1) is 0 Å². The van der Waals surface area contributed by atoms with E-state index in [-0.39, 0.29) is 17.4 Å². The largest absolute Gasteiger partial charge is 0.476 e. The van der Waals surface area contributed by atoms with Crippen molar-refractivity contribution in [1.29, 1.82) is 0 Å². The van der Waals surface area contributed by atoms with E-state index in [9.17, 15) is 14.7 Å². The fraction of sp³-hybridized carbons (Fsp3) is 0.0625. The number of amides is 1. The number of thiophene rings is 1. The number of benzene rings is 1. The monoisotopic (exact) mass is 360 g/mol. The fourth-order valence-corrected chi connectivity index (χ4v) is 3.61. The van der Waals surface area contributed by atoms with Gasteiger partial charge in [0.1, 0.15) is 6.61 Å². The second-order valence-electron chi connectivity index (χ2n) is 4.70. The third kappa shape index (κ3) is 3.79. The predicted octanol–water partition coefficient (Wildman–Crippen LogP) is 4.32. The lowest BCUT2D eigenvalue weighted by atomic mass is 10.2. The SMILES string of the molecule is O=C(Nc1nc(C(=O)O)c(-c2ccsc2)s1)OCc1ccccc1. The lowest BCUT2D eigenvalue weighted by Gasteiger charge is -2.04. The molecule has 2 heterocycles. The number of hydrogen-bond acceptors (Lipinski definition) is 6. The van der Waals surface area contributed by atoms with Crippen LogP contribution >= 0.6 is 22.7 Å². The number of carboxylic acid groups (broad SMARTS) is 1. The fourth-order valence-electron chi connectivity index (χ4n) is 1.95. The molecule has 0 saturated carbocycles. The van der Waals surface area contributed by atoms with Crippen LogP contribution in [-0.4, -0.2) is 22.2 Å². The Balaban J connectivity index is 1.70. The second-order valence-corrected chi connectivity index (χ2v) is 6.48. The van der Waals surface area contributed by atoms with Gasteiger partial charge in [0.05, 0.1) is 4.88 Å². The zero-order valence-electron chi connectivity index (χ0n) is 12.3. The van der Waals surface area contributed by atoms with Crippen molar-refractivity contribution in [2.24, 2.45) is 0 Å². The Morgan fingerprint density at radius 3 is 2.67 bits per heavy atom. The molecule has 3 rings (SSSR count). The van der Waals surface area contributed by atoms with Gasteiger partial charge in [0.2, 0.25) is 0 Å². The Morgan fingerprint density at radius 2 is 2.00 bits per heavy atom. The number of rotatable bonds is 5. The molecule has 1 amide bonds. The molecular formula is C16H12N2O4S2. The molecule has 0 aliphatic carbocycles. The molecule has 0 bridgehead atoms. The first-order valence-corrected chi connectivity index (χ1v) is 8.64. The lowest BCUT2D eigenvalue weighted by Crippen LogP contribution is -2.13. The second kappa shape index (κ2) is 7.24. The molecule has 2 N–H and O–H groups in total. The standard InChI is InChI=1S/C16H12N2O4S2/c19-14(20)12-13(11-6-7-23-9-11)24-15(17-12)18-16(21)22-8-10-4-2-1-3-5-10/h1-7,9H,8H2,(H,19,20)(H,17,18,21). The molecule has 0 aliphatic rings. The lowest BCUT2D eigenvalue weighted by molar-refractivity contribution is 0.0692. The Bertz CT molecular complexity index is 844. The first-order valence-electron chi connectivity index (χ1n) is 6.88. The van der Waals surface area contributed by atoms with Crippen LogP contribution in [0.4, 0.5) is 9.93 Å². The smallest absolute Gasteiger partial charge is 0.413 e. The number of aromatic carboxylic acids is 1. The van der Waals surface area contributed by atoms with E-state index in [0.29, 0.717) is 4.88 Å². The average molecular weight is 360 g/mol. The number of thiazole rings is 1. The Morgan fingerprint density at radius 1 is 1.21 bits per heavy atom. The minimum absolute atomic E-state index is 0.0863. The van der Waals surface area contributed by atoms with Gasteiger partial charge < -0.3 is 9.84 Å². The number of nitrogens with one attached hydrogen (secondary N) is 1. The van der Waals surface area contributed by atoms with Crippen LogP contribution in [-0.2, 0) is 11.3 Å². The summed E-state index contributed by atoms with van der Waals surface area (Å²) in [5.74, 6) is -1.14. The van der Waals surface area contributed by atoms with Gasteiger partial charge >= 0.3 is 12.1 Å². The zero-order chi connectivity index (χ0) is 16.9. The van der Waals surface area contributed by atoms with Gasteiger partial charge in [-0.3, -0.25) is 5.32 Å². The molecule has 24 heavy (non-hydrogen) atoms. The number of aromatic nitrogens is 1. The van der Waals surface area contributed by atoms with Crippen LogP contribution in [0.3, 0.4) is 0 Å². The highest BCUT2D eigenvalue weighted by Gasteiger charge is 2.20. The summed E-state index contributed by atoms with van der Waals surface area (Å²) >= 11 is 2.56. The number of hydrogen-bond donors (Lipinski definition) is 2. The van der Waals surface area contributed by atoms with Crippen molar-refractivity contribution in [2.75, 3.05) is 5.32 Å². The van der Waals surface area contributed by atoms with Gasteiger partial charge in [0, 0.05) is 5.56 Å². The maximum atomic E-state index is 11.9. The van der Waals surface area contributed by atoms with Crippen LogP contribution in [0.25, 0.3) is 10.4 Å². The highest BCUT2D eigenvalue weighted by molar-refractivity contribution is 7.19. The van der Waals surface area contributed by atoms with Crippen molar-refractivity contribution in [2.45, 2.75) is 6.61 Å². The summed E-state index contributed by atoms with van der Waals surface area (Å²) in [7, 11) is 0. The van der Waals surface area contributed by atoms with Crippen LogP contribution in [0.15, 0.2) is 47.2 Å². The van der Waals surface area contributed by atoms with E-state index in [2.05, 4.69) is 10.3 Å². The first kappa shape index (κ1) is 16.2. The van der Waals surface area contributed by atoms with Crippen molar-refractivity contribution >= 4 is 39.9 Å². The van der Waals surface area contributed by atoms with Gasteiger partial charge in [-0.2, -0.15) is 11.3 Å². The number of anilines is 1. The summed E-state index contributed by atoms with van der Waals surface area (Å²) in [6.45, 7) is 0.126. The maximum absolute atomic E-state index is 11.9. The minimum Gasteiger partial charge on any atom is -0.476 e. The molecule has 0 radical (unpaired) electrons. The molecule has 0 fully saturated rings. The predicted molar refractivity (Wildman–Crippen MR) is 92.6 cm³/mol. The molecule has 8 heteroatoms. The molecular weight excluding hydrogens is 348 g/mol. The molecule has 2 aromatic heterocycles. The van der Waals surface area contributed by atoms with E-state index in [1.54, 1.807) is 0 Å². The third-order valence-electron chi connectivity index (χ3n) is 3.03. The zero-order valence-corrected chi connectivity index (χ0v) is 13.9. The molecule has 1 aromatic carbocycles. The van der Waals surface area contributed by atoms with Gasteiger partial charge in [-0.1, -0.05) is 41.7 Å². The van der Waals surface area contributed by atoms with E-state index in [1.165, 1.54) is 11.3 Å². The number of carbonyl (C=O) groups is 2. The topological polar surface area (TPSA) is 88.5 Å². The molecule has 0 unspecified atom stereocenters. The van der Waals surface area contributed by atoms with Crippen molar-refractivity contribution in [3.8, 4) is 10.4 Å². The first-order chi connectivity index (χ1) is 11.6. The highest BCUT2D eigenvalue weighted by Crippen LogP contribution is 2.34. The quantitative estimate of drug-likeness (QED) is 0.707. The van der Waals surface area contributed by atoms with Gasteiger partial charge in [0.15, 0.2) is 10.8 Å². The summed E-state index contributed by atoms with van der Waals surface area (Å²) in [6.07, 6.45) is -0.679. The maximum Gasteiger partial charge on any atom is 0.413 e. The van der Waals surface area contributed by atoms with Crippen LogP contribution in [0.2, 0.25) is 0 Å². The van der Waals surface area contributed by atoms with Crippen LogP contribution in [0.1, 0.15) is 16.1 Å². The number of carboxylic acids is 1. The Labute approximate surface area is 145 Å². The van der Waals surface area contributed by atoms with E-state index < -0.39 is 12.1 Å². The number of carbonyl (C=O) groups excluding carboxylic acids is 1. The number of ether oxygens (including phenoxy) is 1. The third-order valence-corrected chi connectivity index (χ3v) is 4.74. The molecule has 0 saturated heterocycles. The average Bonchev–Trinajstić information content (AvgIpc) is 3.23. The van der Waals surface area contributed by atoms with E-state index in [4.69, 9.17) is 4.74 Å². The molecule has 0 aliphatic heterocycles. The van der Waals surface area contributed by atoms with Crippen molar-refractivity contribution < 1.29 is 19.4 Å². The highest BCUT2D eigenvalue weighted by atomic mass is 32.1. The van der Waals surface area contributed by atoms with Crippen LogP contribution < -0.4 is 5.32 Å². The molecule has 6 nitrogen and oxygen atoms in total. The molecule has 0 spiro atoms. The summed E-state index contributed by atoms with van der Waals surface area (Å²) in [5.41, 5.74) is 1.54. The van der Waals surface area contributed by atoms with E-state index >= 15 is 0 Å².